The third-order valence-corrected chi connectivity index (χ3v) is 6.43. The number of ether oxygens (including phenoxy) is 2. The Morgan fingerprint density at radius 1 is 1.26 bits per heavy atom. The number of benzene rings is 1. The smallest absolute Gasteiger partial charge is 0.243 e. The van der Waals surface area contributed by atoms with Gasteiger partial charge in [-0.25, -0.2) is 15.4 Å². The van der Waals surface area contributed by atoms with Gasteiger partial charge in [0.15, 0.2) is 22.5 Å². The molecule has 4 rings (SSSR count). The Bertz CT molecular complexity index is 1110. The quantitative estimate of drug-likeness (QED) is 0.247. The van der Waals surface area contributed by atoms with Crippen molar-refractivity contribution in [3.8, 4) is 11.5 Å². The van der Waals surface area contributed by atoms with Crippen molar-refractivity contribution in [2.45, 2.75) is 48.7 Å². The second kappa shape index (κ2) is 9.63. The number of nitrogens with zero attached hydrogens (tertiary/aromatic N) is 3. The Morgan fingerprint density at radius 3 is 2.84 bits per heavy atom. The van der Waals surface area contributed by atoms with Crippen LogP contribution in [0.2, 0.25) is 5.02 Å². The lowest BCUT2D eigenvalue weighted by Crippen LogP contribution is -2.17. The van der Waals surface area contributed by atoms with Crippen LogP contribution >= 0.6 is 23.4 Å². The van der Waals surface area contributed by atoms with Crippen LogP contribution in [0, 0.1) is 0 Å². The Morgan fingerprint density at radius 2 is 2.03 bits per heavy atom. The van der Waals surface area contributed by atoms with Crippen molar-refractivity contribution in [3.63, 3.8) is 0 Å². The second-order valence-corrected chi connectivity index (χ2v) is 8.46. The molecular weight excluding hydrogens is 442 g/mol. The summed E-state index contributed by atoms with van der Waals surface area (Å²) >= 11 is 7.90. The third-order valence-electron chi connectivity index (χ3n) is 4.95. The molecule has 1 aliphatic rings. The fourth-order valence-corrected chi connectivity index (χ4v) is 4.61. The highest BCUT2D eigenvalue weighted by atomic mass is 35.5. The largest absolute Gasteiger partial charge is 0.454 e. The molecule has 31 heavy (non-hydrogen) atoms. The molecule has 0 saturated carbocycles. The normalized spacial score (nSPS) is 12.5. The molecule has 3 heterocycles. The number of hydrogen-bond donors (Lipinski definition) is 3. The Hall–Kier alpha value is -2.69. The van der Waals surface area contributed by atoms with Gasteiger partial charge in [-0.2, -0.15) is 0 Å². The maximum atomic E-state index is 11.1. The summed E-state index contributed by atoms with van der Waals surface area (Å²) < 4.78 is 13.0. The van der Waals surface area contributed by atoms with E-state index in [2.05, 4.69) is 9.55 Å². The summed E-state index contributed by atoms with van der Waals surface area (Å²) in [6.07, 6.45) is 5.44. The number of hydrogen-bond acceptors (Lipinski definition) is 8. The topological polar surface area (TPSA) is 125 Å². The van der Waals surface area contributed by atoms with E-state index in [4.69, 9.17) is 37.0 Å². The molecule has 0 bridgehead atoms. The summed E-state index contributed by atoms with van der Waals surface area (Å²) in [7, 11) is 0. The molecule has 0 saturated heterocycles. The number of amides is 1. The molecule has 3 aromatic rings. The van der Waals surface area contributed by atoms with E-state index in [0.717, 1.165) is 47.8 Å². The minimum Gasteiger partial charge on any atom is -0.454 e. The van der Waals surface area contributed by atoms with Crippen LogP contribution < -0.4 is 20.7 Å². The average molecular weight is 464 g/mol. The highest BCUT2D eigenvalue weighted by molar-refractivity contribution is 7.99. The van der Waals surface area contributed by atoms with Crippen LogP contribution in [0.3, 0.4) is 0 Å². The lowest BCUT2D eigenvalue weighted by Gasteiger charge is -2.10. The first kappa shape index (κ1) is 21.5. The summed E-state index contributed by atoms with van der Waals surface area (Å²) in [6, 6.07) is 5.50. The van der Waals surface area contributed by atoms with Gasteiger partial charge < -0.3 is 19.8 Å². The first-order chi connectivity index (χ1) is 15.1. The number of rotatable bonds is 9. The number of halogens is 1. The lowest BCUT2D eigenvalue weighted by molar-refractivity contribution is -0.129. The zero-order chi connectivity index (χ0) is 21.8. The zero-order valence-electron chi connectivity index (χ0n) is 16.6. The van der Waals surface area contributed by atoms with Crippen molar-refractivity contribution in [2.75, 3.05) is 12.5 Å². The number of nitrogens with two attached hydrogens (primary N) is 1. The summed E-state index contributed by atoms with van der Waals surface area (Å²) in [5.74, 6) is 1.31. The van der Waals surface area contributed by atoms with E-state index in [1.165, 1.54) is 11.8 Å². The minimum absolute atomic E-state index is 0.181. The van der Waals surface area contributed by atoms with E-state index in [1.807, 2.05) is 12.1 Å². The first-order valence-corrected chi connectivity index (χ1v) is 11.1. The van der Waals surface area contributed by atoms with E-state index < -0.39 is 0 Å². The van der Waals surface area contributed by atoms with Crippen LogP contribution in [-0.2, 0) is 11.3 Å². The molecule has 0 fully saturated rings. The Balaban J connectivity index is 1.52. The van der Waals surface area contributed by atoms with Crippen molar-refractivity contribution in [1.82, 2.24) is 20.0 Å². The van der Waals surface area contributed by atoms with Gasteiger partial charge in [-0.15, -0.1) is 0 Å². The Labute approximate surface area is 187 Å². The number of nitrogens with one attached hydrogen (secondary N) is 1. The summed E-state index contributed by atoms with van der Waals surface area (Å²) in [6.45, 7) is 0.914. The predicted molar refractivity (Wildman–Crippen MR) is 117 cm³/mol. The number of unbranched alkanes of at least 4 members (excludes halogenated alkanes) is 3. The molecule has 4 N–H and O–H groups in total. The molecule has 11 heteroatoms. The average Bonchev–Trinajstić information content (AvgIpc) is 3.35. The molecule has 0 spiro atoms. The predicted octanol–water partition coefficient (Wildman–Crippen LogP) is 4.00. The number of carbonyl (C=O) groups excluding carboxylic acids is 1. The third kappa shape index (κ3) is 4.81. The molecule has 164 valence electrons. The number of carbonyl (C=O) groups is 1. The zero-order valence-corrected chi connectivity index (χ0v) is 18.2. The number of aromatic nitrogens is 3. The molecule has 1 aliphatic heterocycles. The number of fused-ring (bicyclic) bond motifs is 2. The maximum absolute atomic E-state index is 11.1. The summed E-state index contributed by atoms with van der Waals surface area (Å²) in [5, 5.41) is 9.87. The van der Waals surface area contributed by atoms with Crippen molar-refractivity contribution >= 4 is 46.1 Å². The van der Waals surface area contributed by atoms with E-state index >= 15 is 0 Å². The van der Waals surface area contributed by atoms with Crippen LogP contribution in [0.25, 0.3) is 11.0 Å². The SMILES string of the molecule is Nc1nccc2c1nc(Sc1cc3c(cc1Cl)OCO3)n2CCCCCCC(=O)NO. The van der Waals surface area contributed by atoms with Crippen LogP contribution in [0.15, 0.2) is 34.4 Å². The monoisotopic (exact) mass is 463 g/mol. The molecule has 0 unspecified atom stereocenters. The van der Waals surface area contributed by atoms with Crippen LogP contribution in [0.1, 0.15) is 32.1 Å². The van der Waals surface area contributed by atoms with Crippen LogP contribution in [-0.4, -0.2) is 32.4 Å². The van der Waals surface area contributed by atoms with Crippen LogP contribution in [0.4, 0.5) is 5.82 Å². The Kier molecular flexibility index (Phi) is 6.69. The van der Waals surface area contributed by atoms with E-state index in [1.54, 1.807) is 17.7 Å². The van der Waals surface area contributed by atoms with E-state index in [9.17, 15) is 4.79 Å². The van der Waals surface area contributed by atoms with Crippen molar-refractivity contribution < 1.29 is 19.5 Å². The van der Waals surface area contributed by atoms with Crippen molar-refractivity contribution in [3.05, 3.63) is 29.4 Å². The van der Waals surface area contributed by atoms with Gasteiger partial charge >= 0.3 is 0 Å². The maximum Gasteiger partial charge on any atom is 0.243 e. The lowest BCUT2D eigenvalue weighted by atomic mass is 10.1. The fourth-order valence-electron chi connectivity index (χ4n) is 3.38. The van der Waals surface area contributed by atoms with E-state index in [-0.39, 0.29) is 12.7 Å². The summed E-state index contributed by atoms with van der Waals surface area (Å²) in [5.41, 5.74) is 9.27. The molecule has 1 amide bonds. The highest BCUT2D eigenvalue weighted by Gasteiger charge is 2.20. The molecule has 9 nitrogen and oxygen atoms in total. The fraction of sp³-hybridized carbons (Fsp3) is 0.350. The number of imidazole rings is 1. The molecule has 1 aromatic carbocycles. The molecule has 0 radical (unpaired) electrons. The van der Waals surface area contributed by atoms with Gasteiger partial charge in [0.25, 0.3) is 0 Å². The van der Waals surface area contributed by atoms with Gasteiger partial charge in [-0.1, -0.05) is 24.4 Å². The number of nitrogen functional groups attached to an aromatic ring is 1. The number of pyridine rings is 1. The van der Waals surface area contributed by atoms with Gasteiger partial charge in [-0.3, -0.25) is 10.0 Å². The number of hydroxylamine groups is 1. The first-order valence-electron chi connectivity index (χ1n) is 9.87. The van der Waals surface area contributed by atoms with Gasteiger partial charge in [0.2, 0.25) is 12.7 Å². The van der Waals surface area contributed by atoms with Gasteiger partial charge in [0.1, 0.15) is 5.52 Å². The van der Waals surface area contributed by atoms with Gasteiger partial charge in [-0.05, 0) is 36.7 Å². The number of aryl methyl sites for hydroxylation is 1. The minimum atomic E-state index is -0.358. The molecular formula is C20H22ClN5O4S. The molecule has 0 aliphatic carbocycles. The van der Waals surface area contributed by atoms with Crippen LogP contribution in [0.5, 0.6) is 11.5 Å². The van der Waals surface area contributed by atoms with Gasteiger partial charge in [0.05, 0.1) is 10.5 Å². The van der Waals surface area contributed by atoms with Gasteiger partial charge in [0, 0.05) is 30.1 Å². The number of anilines is 1. The summed E-state index contributed by atoms with van der Waals surface area (Å²) in [4.78, 5) is 20.8. The molecule has 2 aromatic heterocycles. The van der Waals surface area contributed by atoms with Crippen molar-refractivity contribution in [2.24, 2.45) is 0 Å². The second-order valence-electron chi connectivity index (χ2n) is 7.05. The molecule has 0 atom stereocenters. The van der Waals surface area contributed by atoms with Crippen molar-refractivity contribution in [1.29, 1.82) is 0 Å². The standard InChI is InChI=1S/C20H22ClN5O4S/c21-12-9-14-15(30-11-29-14)10-16(12)31-20-24-18-13(6-7-23-19(18)22)26(20)8-4-2-1-3-5-17(27)25-28/h6-7,9-10,28H,1-5,8,11H2,(H2,22,23)(H,25,27). The highest BCUT2D eigenvalue weighted by Crippen LogP contribution is 2.43. The van der Waals surface area contributed by atoms with E-state index in [0.29, 0.717) is 34.3 Å².